The van der Waals surface area contributed by atoms with Crippen molar-refractivity contribution in [3.63, 3.8) is 0 Å². The summed E-state index contributed by atoms with van der Waals surface area (Å²) in [5, 5.41) is 19.4. The number of aryl methyl sites for hydroxylation is 1. The minimum absolute atomic E-state index is 0.209. The van der Waals surface area contributed by atoms with Gasteiger partial charge < -0.3 is 5.11 Å². The largest absolute Gasteiger partial charge is 0.508 e. The van der Waals surface area contributed by atoms with Gasteiger partial charge in [0.25, 0.3) is 0 Å². The summed E-state index contributed by atoms with van der Waals surface area (Å²) >= 11 is 0. The Bertz CT molecular complexity index is 851. The molecule has 3 aromatic rings. The zero-order valence-electron chi connectivity index (χ0n) is 13.4. The van der Waals surface area contributed by atoms with Crippen LogP contribution in [0.4, 0.5) is 0 Å². The summed E-state index contributed by atoms with van der Waals surface area (Å²) in [6, 6.07) is 27.1. The molecule has 3 aromatic carbocycles. The summed E-state index contributed by atoms with van der Waals surface area (Å²) in [5.41, 5.74) is 5.41. The number of nitrogens with zero attached hydrogens (tertiary/aromatic N) is 1. The van der Waals surface area contributed by atoms with Crippen molar-refractivity contribution >= 4 is 11.1 Å². The molecule has 0 unspecified atom stereocenters. The van der Waals surface area contributed by atoms with E-state index >= 15 is 0 Å². The SMILES string of the molecule is Cc1ccc(/C(=C(/C#N)c2ccccc2)c2ccc(O)cc2)cc1. The van der Waals surface area contributed by atoms with Crippen molar-refractivity contribution in [2.75, 3.05) is 0 Å². The highest BCUT2D eigenvalue weighted by Crippen LogP contribution is 2.32. The van der Waals surface area contributed by atoms with Crippen LogP contribution in [0.5, 0.6) is 5.75 Å². The average molecular weight is 311 g/mol. The molecule has 2 heteroatoms. The molecule has 0 aromatic heterocycles. The van der Waals surface area contributed by atoms with Crippen LogP contribution in [-0.4, -0.2) is 5.11 Å². The van der Waals surface area contributed by atoms with Gasteiger partial charge in [0.2, 0.25) is 0 Å². The first-order valence-corrected chi connectivity index (χ1v) is 7.75. The van der Waals surface area contributed by atoms with Gasteiger partial charge >= 0.3 is 0 Å². The van der Waals surface area contributed by atoms with Crippen molar-refractivity contribution in [1.82, 2.24) is 0 Å². The summed E-state index contributed by atoms with van der Waals surface area (Å²) in [6.07, 6.45) is 0. The molecule has 0 amide bonds. The number of aromatic hydroxyl groups is 1. The average Bonchev–Trinajstić information content (AvgIpc) is 2.62. The number of nitriles is 1. The van der Waals surface area contributed by atoms with Crippen LogP contribution in [0.1, 0.15) is 22.3 Å². The number of allylic oxidation sites excluding steroid dienone is 1. The molecule has 0 atom stereocenters. The molecule has 0 spiro atoms. The second-order valence-electron chi connectivity index (χ2n) is 5.64. The summed E-state index contributed by atoms with van der Waals surface area (Å²) in [4.78, 5) is 0. The van der Waals surface area contributed by atoms with Crippen LogP contribution in [0.15, 0.2) is 78.9 Å². The molecule has 2 nitrogen and oxygen atoms in total. The summed E-state index contributed by atoms with van der Waals surface area (Å²) in [5.74, 6) is 0.209. The highest BCUT2D eigenvalue weighted by atomic mass is 16.3. The molecule has 116 valence electrons. The third-order valence-corrected chi connectivity index (χ3v) is 3.92. The Balaban J connectivity index is 2.28. The Morgan fingerprint density at radius 2 is 1.29 bits per heavy atom. The van der Waals surface area contributed by atoms with Gasteiger partial charge in [0.05, 0.1) is 5.57 Å². The van der Waals surface area contributed by atoms with Crippen molar-refractivity contribution in [2.24, 2.45) is 0 Å². The number of hydrogen-bond donors (Lipinski definition) is 1. The first kappa shape index (κ1) is 15.6. The Morgan fingerprint density at radius 3 is 1.83 bits per heavy atom. The zero-order chi connectivity index (χ0) is 16.9. The van der Waals surface area contributed by atoms with Crippen LogP contribution in [0.25, 0.3) is 11.1 Å². The second-order valence-corrected chi connectivity index (χ2v) is 5.64. The third kappa shape index (κ3) is 3.21. The molecule has 24 heavy (non-hydrogen) atoms. The molecule has 0 radical (unpaired) electrons. The maximum Gasteiger partial charge on any atom is 0.115 e. The number of hydrogen-bond acceptors (Lipinski definition) is 2. The van der Waals surface area contributed by atoms with Gasteiger partial charge in [-0.15, -0.1) is 0 Å². The normalized spacial score (nSPS) is 11.5. The lowest BCUT2D eigenvalue weighted by molar-refractivity contribution is 0.475. The first-order chi connectivity index (χ1) is 11.7. The van der Waals surface area contributed by atoms with Gasteiger partial charge in [-0.2, -0.15) is 5.26 Å². The number of phenolic OH excluding ortho intramolecular Hbond substituents is 1. The van der Waals surface area contributed by atoms with Crippen LogP contribution >= 0.6 is 0 Å². The number of phenols is 1. The van der Waals surface area contributed by atoms with Crippen molar-refractivity contribution in [3.8, 4) is 11.8 Å². The third-order valence-electron chi connectivity index (χ3n) is 3.92. The smallest absolute Gasteiger partial charge is 0.115 e. The van der Waals surface area contributed by atoms with Gasteiger partial charge in [-0.3, -0.25) is 0 Å². The van der Waals surface area contributed by atoms with Crippen LogP contribution < -0.4 is 0 Å². The molecule has 0 saturated carbocycles. The monoisotopic (exact) mass is 311 g/mol. The Kier molecular flexibility index (Phi) is 4.45. The maximum absolute atomic E-state index is 9.82. The summed E-state index contributed by atoms with van der Waals surface area (Å²) < 4.78 is 0. The van der Waals surface area contributed by atoms with Gasteiger partial charge in [0, 0.05) is 5.57 Å². The lowest BCUT2D eigenvalue weighted by Crippen LogP contribution is -1.94. The van der Waals surface area contributed by atoms with Crippen LogP contribution in [0.2, 0.25) is 0 Å². The van der Waals surface area contributed by atoms with E-state index in [1.54, 1.807) is 12.1 Å². The van der Waals surface area contributed by atoms with E-state index in [-0.39, 0.29) is 5.75 Å². The Labute approximate surface area is 142 Å². The van der Waals surface area contributed by atoms with E-state index in [1.165, 1.54) is 5.56 Å². The molecule has 0 aliphatic carbocycles. The molecule has 0 fully saturated rings. The predicted octanol–water partition coefficient (Wildman–Crippen LogP) is 5.18. The molecule has 0 bridgehead atoms. The maximum atomic E-state index is 9.82. The predicted molar refractivity (Wildman–Crippen MR) is 97.3 cm³/mol. The van der Waals surface area contributed by atoms with Crippen LogP contribution in [-0.2, 0) is 0 Å². The number of rotatable bonds is 3. The molecular formula is C22H17NO. The number of benzene rings is 3. The van der Waals surface area contributed by atoms with Crippen LogP contribution in [0.3, 0.4) is 0 Å². The van der Waals surface area contributed by atoms with E-state index in [4.69, 9.17) is 0 Å². The van der Waals surface area contributed by atoms with E-state index < -0.39 is 0 Å². The van der Waals surface area contributed by atoms with Crippen molar-refractivity contribution in [3.05, 3.63) is 101 Å². The topological polar surface area (TPSA) is 44.0 Å². The fraction of sp³-hybridized carbons (Fsp3) is 0.0455. The van der Waals surface area contributed by atoms with E-state index in [0.29, 0.717) is 5.57 Å². The Morgan fingerprint density at radius 1 is 0.750 bits per heavy atom. The van der Waals surface area contributed by atoms with E-state index in [9.17, 15) is 10.4 Å². The second kappa shape index (κ2) is 6.85. The van der Waals surface area contributed by atoms with Gasteiger partial charge in [0.15, 0.2) is 0 Å². The lowest BCUT2D eigenvalue weighted by Gasteiger charge is -2.13. The minimum Gasteiger partial charge on any atom is -0.508 e. The fourth-order valence-electron chi connectivity index (χ4n) is 2.67. The van der Waals surface area contributed by atoms with Gasteiger partial charge in [-0.05, 0) is 35.7 Å². The minimum atomic E-state index is 0.209. The lowest BCUT2D eigenvalue weighted by atomic mass is 9.90. The molecule has 0 saturated heterocycles. The Hall–Kier alpha value is -3.31. The van der Waals surface area contributed by atoms with Crippen LogP contribution in [0, 0.1) is 18.3 Å². The first-order valence-electron chi connectivity index (χ1n) is 7.75. The van der Waals surface area contributed by atoms with Crippen molar-refractivity contribution in [2.45, 2.75) is 6.92 Å². The molecule has 1 N–H and O–H groups in total. The zero-order valence-corrected chi connectivity index (χ0v) is 13.4. The molecule has 0 aliphatic heterocycles. The molecule has 3 rings (SSSR count). The molecule has 0 heterocycles. The van der Waals surface area contributed by atoms with Gasteiger partial charge in [-0.1, -0.05) is 72.3 Å². The highest BCUT2D eigenvalue weighted by Gasteiger charge is 2.14. The van der Waals surface area contributed by atoms with E-state index in [2.05, 4.69) is 6.07 Å². The quantitative estimate of drug-likeness (QED) is 0.535. The molecule has 0 aliphatic rings. The summed E-state index contributed by atoms with van der Waals surface area (Å²) in [6.45, 7) is 2.04. The van der Waals surface area contributed by atoms with E-state index in [0.717, 1.165) is 22.3 Å². The molecular weight excluding hydrogens is 294 g/mol. The van der Waals surface area contributed by atoms with E-state index in [1.807, 2.05) is 73.7 Å². The van der Waals surface area contributed by atoms with Gasteiger partial charge in [0.1, 0.15) is 11.8 Å². The summed E-state index contributed by atoms with van der Waals surface area (Å²) in [7, 11) is 0. The van der Waals surface area contributed by atoms with Crippen molar-refractivity contribution < 1.29 is 5.11 Å². The standard InChI is InChI=1S/C22H17NO/c1-16-7-9-18(10-8-16)22(19-11-13-20(24)14-12-19)21(15-23)17-5-3-2-4-6-17/h2-14,24H,1H3/b22-21+. The van der Waals surface area contributed by atoms with Crippen molar-refractivity contribution in [1.29, 1.82) is 5.26 Å². The highest BCUT2D eigenvalue weighted by molar-refractivity contribution is 6.03. The van der Waals surface area contributed by atoms with Gasteiger partial charge in [-0.25, -0.2) is 0 Å². The fourth-order valence-corrected chi connectivity index (χ4v) is 2.67.